The molecule has 0 bridgehead atoms. The first-order valence-electron chi connectivity index (χ1n) is 10.9. The summed E-state index contributed by atoms with van der Waals surface area (Å²) < 4.78 is 42.7. The molecule has 1 aliphatic carbocycles. The summed E-state index contributed by atoms with van der Waals surface area (Å²) in [6.45, 7) is 3.18. The number of halogens is 1. The molecule has 0 spiro atoms. The molecule has 2 unspecified atom stereocenters. The van der Waals surface area contributed by atoms with Crippen LogP contribution in [-0.2, 0) is 36.5 Å². The molecule has 1 aromatic heterocycles. The van der Waals surface area contributed by atoms with Crippen molar-refractivity contribution in [3.05, 3.63) is 83.1 Å². The average molecular weight is 457 g/mol. The topological polar surface area (TPSA) is 76.0 Å². The highest BCUT2D eigenvalue weighted by molar-refractivity contribution is 7.89. The molecule has 2 N–H and O–H groups in total. The number of sulfonamides is 1. The molecule has 1 heterocycles. The van der Waals surface area contributed by atoms with Crippen molar-refractivity contribution < 1.29 is 12.8 Å². The van der Waals surface area contributed by atoms with Crippen molar-refractivity contribution in [2.45, 2.75) is 49.7 Å². The minimum Gasteiger partial charge on any atom is -0.339 e. The molecule has 8 heteroatoms. The van der Waals surface area contributed by atoms with Crippen LogP contribution in [0.25, 0.3) is 0 Å². The molecular weight excluding hydrogens is 427 g/mol. The molecule has 6 nitrogen and oxygen atoms in total. The van der Waals surface area contributed by atoms with Crippen molar-refractivity contribution in [3.8, 4) is 0 Å². The first-order valence-corrected chi connectivity index (χ1v) is 12.4. The van der Waals surface area contributed by atoms with Crippen LogP contribution in [0.2, 0.25) is 0 Å². The maximum atomic E-state index is 13.4. The number of hydrogen-bond donors (Lipinski definition) is 2. The lowest BCUT2D eigenvalue weighted by Gasteiger charge is -2.35. The van der Waals surface area contributed by atoms with Gasteiger partial charge in [-0.2, -0.15) is 0 Å². The van der Waals surface area contributed by atoms with E-state index in [2.05, 4.69) is 34.1 Å². The van der Waals surface area contributed by atoms with Gasteiger partial charge in [-0.3, -0.25) is 0 Å². The number of aryl methyl sites for hydroxylation is 2. The van der Waals surface area contributed by atoms with Crippen LogP contribution < -0.4 is 10.0 Å². The lowest BCUT2D eigenvalue weighted by Crippen LogP contribution is -2.39. The zero-order valence-electron chi connectivity index (χ0n) is 18.4. The maximum Gasteiger partial charge on any atom is 0.259 e. The number of imidazole rings is 1. The van der Waals surface area contributed by atoms with Crippen molar-refractivity contribution >= 4 is 10.0 Å². The molecule has 3 aromatic rings. The number of hydrogen-bond acceptors (Lipinski definition) is 4. The molecule has 0 fully saturated rings. The Balaban J connectivity index is 1.58. The van der Waals surface area contributed by atoms with E-state index in [-0.39, 0.29) is 23.3 Å². The first-order chi connectivity index (χ1) is 15.4. The molecule has 170 valence electrons. The summed E-state index contributed by atoms with van der Waals surface area (Å²) >= 11 is 0. The van der Waals surface area contributed by atoms with Crippen LogP contribution in [0, 0.1) is 5.82 Å². The van der Waals surface area contributed by atoms with Gasteiger partial charge < -0.3 is 9.88 Å². The highest BCUT2D eigenvalue weighted by Gasteiger charge is 2.29. The largest absolute Gasteiger partial charge is 0.339 e. The molecule has 0 saturated carbocycles. The van der Waals surface area contributed by atoms with Gasteiger partial charge in [0.15, 0.2) is 5.03 Å². The normalized spacial score (nSPS) is 18.5. The Morgan fingerprint density at radius 2 is 1.91 bits per heavy atom. The number of benzene rings is 2. The van der Waals surface area contributed by atoms with Crippen LogP contribution in [0.15, 0.2) is 60.0 Å². The van der Waals surface area contributed by atoms with Gasteiger partial charge in [0, 0.05) is 31.7 Å². The molecule has 4 rings (SSSR count). The standard InChI is InChI=1S/C24H29FN4O2S/c1-3-26-23-11-8-19-7-4-18(14-28-32(30,31)24-15-29(2)16-27-24)13-21(19)22(23)12-17-5-9-20(25)10-6-17/h4-7,9-10,13,15-16,22-23,26,28H,3,8,11-12,14H2,1-2H3. The van der Waals surface area contributed by atoms with Crippen LogP contribution >= 0.6 is 0 Å². The Kier molecular flexibility index (Phi) is 6.74. The van der Waals surface area contributed by atoms with E-state index in [1.807, 2.05) is 18.2 Å². The Labute approximate surface area is 188 Å². The second kappa shape index (κ2) is 9.52. The number of likely N-dealkylation sites (N-methyl/N-ethyl adjacent to an activating group) is 1. The van der Waals surface area contributed by atoms with Crippen LogP contribution in [0.4, 0.5) is 4.39 Å². The molecule has 1 aliphatic rings. The third-order valence-corrected chi connectivity index (χ3v) is 7.36. The second-order valence-electron chi connectivity index (χ2n) is 8.38. The van der Waals surface area contributed by atoms with Crippen molar-refractivity contribution in [2.75, 3.05) is 6.54 Å². The number of aromatic nitrogens is 2. The fourth-order valence-electron chi connectivity index (χ4n) is 4.47. The van der Waals surface area contributed by atoms with Crippen LogP contribution in [-0.4, -0.2) is 30.6 Å². The van der Waals surface area contributed by atoms with Crippen molar-refractivity contribution in [2.24, 2.45) is 7.05 Å². The quantitative estimate of drug-likeness (QED) is 0.545. The van der Waals surface area contributed by atoms with E-state index in [4.69, 9.17) is 0 Å². The summed E-state index contributed by atoms with van der Waals surface area (Å²) in [6, 6.07) is 13.2. The van der Waals surface area contributed by atoms with E-state index in [1.165, 1.54) is 35.8 Å². The summed E-state index contributed by atoms with van der Waals surface area (Å²) in [5.41, 5.74) is 4.53. The van der Waals surface area contributed by atoms with E-state index >= 15 is 0 Å². The summed E-state index contributed by atoms with van der Waals surface area (Å²) in [6.07, 6.45) is 5.77. The molecule has 0 saturated heterocycles. The smallest absolute Gasteiger partial charge is 0.259 e. The lowest BCUT2D eigenvalue weighted by atomic mass is 9.75. The summed E-state index contributed by atoms with van der Waals surface area (Å²) in [7, 11) is -1.94. The van der Waals surface area contributed by atoms with Crippen LogP contribution in [0.5, 0.6) is 0 Å². The van der Waals surface area contributed by atoms with Gasteiger partial charge in [0.2, 0.25) is 0 Å². The number of nitrogens with one attached hydrogen (secondary N) is 2. The van der Waals surface area contributed by atoms with Gasteiger partial charge in [0.05, 0.1) is 6.33 Å². The van der Waals surface area contributed by atoms with Gasteiger partial charge in [-0.15, -0.1) is 0 Å². The maximum absolute atomic E-state index is 13.4. The zero-order chi connectivity index (χ0) is 22.7. The van der Waals surface area contributed by atoms with Crippen LogP contribution in [0.1, 0.15) is 41.5 Å². The van der Waals surface area contributed by atoms with Gasteiger partial charge in [0.1, 0.15) is 5.82 Å². The SMILES string of the molecule is CCNC1CCc2ccc(CNS(=O)(=O)c3cn(C)cn3)cc2C1Cc1ccc(F)cc1. The summed E-state index contributed by atoms with van der Waals surface area (Å²) in [4.78, 5) is 3.94. The van der Waals surface area contributed by atoms with Gasteiger partial charge >= 0.3 is 0 Å². The molecule has 32 heavy (non-hydrogen) atoms. The van der Waals surface area contributed by atoms with Gasteiger partial charge in [-0.1, -0.05) is 37.3 Å². The summed E-state index contributed by atoms with van der Waals surface area (Å²) in [5, 5.41) is 3.62. The molecule has 2 atom stereocenters. The molecule has 0 aliphatic heterocycles. The third kappa shape index (κ3) is 5.09. The Bertz CT molecular complexity index is 1170. The fourth-order valence-corrected chi connectivity index (χ4v) is 5.46. The molecule has 0 amide bonds. The van der Waals surface area contributed by atoms with Crippen molar-refractivity contribution in [3.63, 3.8) is 0 Å². The number of nitrogens with zero attached hydrogens (tertiary/aromatic N) is 2. The van der Waals surface area contributed by atoms with E-state index in [0.29, 0.717) is 6.04 Å². The van der Waals surface area contributed by atoms with E-state index in [9.17, 15) is 12.8 Å². The van der Waals surface area contributed by atoms with E-state index < -0.39 is 10.0 Å². The number of fused-ring (bicyclic) bond motifs is 1. The fraction of sp³-hybridized carbons (Fsp3) is 0.375. The minimum absolute atomic E-state index is 0.0133. The van der Waals surface area contributed by atoms with Crippen molar-refractivity contribution in [1.82, 2.24) is 19.6 Å². The lowest BCUT2D eigenvalue weighted by molar-refractivity contribution is 0.391. The highest BCUT2D eigenvalue weighted by Crippen LogP contribution is 2.35. The predicted octanol–water partition coefficient (Wildman–Crippen LogP) is 3.29. The van der Waals surface area contributed by atoms with E-state index in [1.54, 1.807) is 11.6 Å². The second-order valence-corrected chi connectivity index (χ2v) is 10.1. The van der Waals surface area contributed by atoms with Crippen molar-refractivity contribution in [1.29, 1.82) is 0 Å². The average Bonchev–Trinajstić information content (AvgIpc) is 3.23. The first kappa shape index (κ1) is 22.6. The summed E-state index contributed by atoms with van der Waals surface area (Å²) in [5.74, 6) is 0.0000108. The zero-order valence-corrected chi connectivity index (χ0v) is 19.2. The monoisotopic (exact) mass is 456 g/mol. The Morgan fingerprint density at radius 1 is 1.16 bits per heavy atom. The molecule has 0 radical (unpaired) electrons. The molecular formula is C24H29FN4O2S. The van der Waals surface area contributed by atoms with Gasteiger partial charge in [-0.25, -0.2) is 22.5 Å². The Morgan fingerprint density at radius 3 is 2.59 bits per heavy atom. The van der Waals surface area contributed by atoms with Gasteiger partial charge in [0.25, 0.3) is 10.0 Å². The van der Waals surface area contributed by atoms with Gasteiger partial charge in [-0.05, 0) is 60.2 Å². The number of rotatable bonds is 8. The molecule has 2 aromatic carbocycles. The van der Waals surface area contributed by atoms with Crippen LogP contribution in [0.3, 0.4) is 0 Å². The minimum atomic E-state index is -3.67. The highest BCUT2D eigenvalue weighted by atomic mass is 32.2. The Hall–Kier alpha value is -2.55. The third-order valence-electron chi connectivity index (χ3n) is 6.08. The predicted molar refractivity (Wildman–Crippen MR) is 122 cm³/mol. The van der Waals surface area contributed by atoms with E-state index in [0.717, 1.165) is 36.9 Å².